The fourth-order valence-corrected chi connectivity index (χ4v) is 4.62. The minimum Gasteiger partial charge on any atom is -0.366 e. The lowest BCUT2D eigenvalue weighted by Gasteiger charge is -2.36. The summed E-state index contributed by atoms with van der Waals surface area (Å²) >= 11 is 0. The smallest absolute Gasteiger partial charge is 0.300 e. The molecular weight excluding hydrogens is 466 g/mol. The molecule has 2 aromatic heterocycles. The molecule has 0 spiro atoms. The van der Waals surface area contributed by atoms with E-state index < -0.39 is 11.4 Å². The monoisotopic (exact) mass is 492 g/mol. The second kappa shape index (κ2) is 9.88. The Bertz CT molecular complexity index is 1460. The quantitative estimate of drug-likeness (QED) is 0.414. The molecule has 1 aliphatic rings. The number of para-hydroxylation sites is 1. The first-order valence-electron chi connectivity index (χ1n) is 11.9. The number of rotatable bonds is 6. The zero-order valence-corrected chi connectivity index (χ0v) is 19.8. The van der Waals surface area contributed by atoms with Crippen molar-refractivity contribution in [1.82, 2.24) is 24.1 Å². The number of benzene rings is 2. The van der Waals surface area contributed by atoms with Crippen LogP contribution in [-0.4, -0.2) is 56.2 Å². The van der Waals surface area contributed by atoms with Crippen molar-refractivity contribution in [1.29, 1.82) is 0 Å². The van der Waals surface area contributed by atoms with Crippen LogP contribution < -0.4 is 10.5 Å². The highest BCUT2D eigenvalue weighted by molar-refractivity contribution is 5.76. The molecular formula is C26H26F2N6O2. The molecule has 1 saturated heterocycles. The number of hydrogen-bond donors (Lipinski definition) is 0. The first-order valence-corrected chi connectivity index (χ1v) is 11.9. The molecule has 0 bridgehead atoms. The van der Waals surface area contributed by atoms with E-state index in [4.69, 9.17) is 0 Å². The van der Waals surface area contributed by atoms with E-state index in [1.807, 2.05) is 22.8 Å². The zero-order chi connectivity index (χ0) is 25.2. The average Bonchev–Trinajstić information content (AvgIpc) is 3.28. The van der Waals surface area contributed by atoms with Gasteiger partial charge in [0.05, 0.1) is 11.4 Å². The lowest BCUT2D eigenvalue weighted by atomic mass is 10.0. The van der Waals surface area contributed by atoms with Crippen molar-refractivity contribution < 1.29 is 13.6 Å². The first-order chi connectivity index (χ1) is 17.4. The number of amides is 1. The van der Waals surface area contributed by atoms with Crippen molar-refractivity contribution >= 4 is 17.2 Å². The highest BCUT2D eigenvalue weighted by Gasteiger charge is 2.24. The molecule has 0 N–H and O–H groups in total. The molecule has 1 atom stereocenters. The Kier molecular flexibility index (Phi) is 6.49. The van der Waals surface area contributed by atoms with Crippen molar-refractivity contribution in [3.8, 4) is 5.69 Å². The van der Waals surface area contributed by atoms with Gasteiger partial charge in [0.15, 0.2) is 0 Å². The second-order valence-corrected chi connectivity index (χ2v) is 9.10. The predicted octanol–water partition coefficient (Wildman–Crippen LogP) is 3.08. The van der Waals surface area contributed by atoms with E-state index in [2.05, 4.69) is 10.2 Å². The molecule has 0 aliphatic carbocycles. The molecule has 1 fully saturated rings. The summed E-state index contributed by atoms with van der Waals surface area (Å²) < 4.78 is 30.6. The zero-order valence-electron chi connectivity index (χ0n) is 19.8. The second-order valence-electron chi connectivity index (χ2n) is 9.10. The highest BCUT2D eigenvalue weighted by Crippen LogP contribution is 2.21. The molecule has 10 heteroatoms. The molecule has 0 saturated carbocycles. The molecule has 1 aliphatic heterocycles. The van der Waals surface area contributed by atoms with Crippen LogP contribution in [0.1, 0.15) is 19.2 Å². The average molecular weight is 493 g/mol. The Balaban J connectivity index is 1.22. The van der Waals surface area contributed by atoms with Crippen LogP contribution in [0.4, 0.5) is 14.5 Å². The van der Waals surface area contributed by atoms with Crippen LogP contribution in [0.5, 0.6) is 0 Å². The van der Waals surface area contributed by atoms with E-state index >= 15 is 0 Å². The van der Waals surface area contributed by atoms with Crippen LogP contribution in [-0.2, 0) is 11.2 Å². The summed E-state index contributed by atoms with van der Waals surface area (Å²) in [5.74, 6) is -0.0982. The number of carbonyl (C=O) groups is 1. The molecule has 36 heavy (non-hydrogen) atoms. The van der Waals surface area contributed by atoms with Gasteiger partial charge in [-0.3, -0.25) is 18.6 Å². The third-order valence-corrected chi connectivity index (χ3v) is 6.51. The van der Waals surface area contributed by atoms with Gasteiger partial charge < -0.3 is 9.80 Å². The van der Waals surface area contributed by atoms with Gasteiger partial charge in [0.2, 0.25) is 11.6 Å². The van der Waals surface area contributed by atoms with Gasteiger partial charge in [-0.1, -0.05) is 25.1 Å². The number of fused-ring (bicyclic) bond motifs is 1. The van der Waals surface area contributed by atoms with E-state index in [1.54, 1.807) is 35.0 Å². The number of nitrogens with zero attached hydrogens (tertiary/aromatic N) is 6. The summed E-state index contributed by atoms with van der Waals surface area (Å²) in [7, 11) is 0. The van der Waals surface area contributed by atoms with Crippen molar-refractivity contribution in [2.45, 2.75) is 19.8 Å². The van der Waals surface area contributed by atoms with E-state index in [1.165, 1.54) is 28.8 Å². The maximum atomic E-state index is 14.1. The minimum atomic E-state index is -0.437. The maximum Gasteiger partial charge on any atom is 0.300 e. The third-order valence-electron chi connectivity index (χ3n) is 6.51. The van der Waals surface area contributed by atoms with Crippen LogP contribution in [0.2, 0.25) is 0 Å². The van der Waals surface area contributed by atoms with Gasteiger partial charge in [-0.25, -0.2) is 8.78 Å². The van der Waals surface area contributed by atoms with E-state index in [0.29, 0.717) is 56.2 Å². The summed E-state index contributed by atoms with van der Waals surface area (Å²) in [5, 5.41) is 8.23. The van der Waals surface area contributed by atoms with Gasteiger partial charge in [-0.15, -0.1) is 10.2 Å². The lowest BCUT2D eigenvalue weighted by Crippen LogP contribution is -2.49. The van der Waals surface area contributed by atoms with E-state index in [0.717, 1.165) is 0 Å². The minimum absolute atomic E-state index is 0.0276. The van der Waals surface area contributed by atoms with Crippen molar-refractivity contribution in [3.05, 3.63) is 88.7 Å². The highest BCUT2D eigenvalue weighted by atomic mass is 19.1. The maximum absolute atomic E-state index is 14.1. The van der Waals surface area contributed by atoms with Gasteiger partial charge in [0.25, 0.3) is 0 Å². The molecule has 186 valence electrons. The van der Waals surface area contributed by atoms with Crippen LogP contribution in [0.3, 0.4) is 0 Å². The predicted molar refractivity (Wildman–Crippen MR) is 131 cm³/mol. The number of halogens is 2. The van der Waals surface area contributed by atoms with Gasteiger partial charge >= 0.3 is 5.56 Å². The number of anilines is 1. The van der Waals surface area contributed by atoms with Crippen LogP contribution in [0.15, 0.2) is 65.7 Å². The Hall–Kier alpha value is -4.08. The van der Waals surface area contributed by atoms with Crippen LogP contribution in [0.25, 0.3) is 11.3 Å². The SMILES string of the molecule is CC(CC(=O)N1CCN(c2ccccc2F)CC1)Cc1nnc2c(=O)n(-c3cccc(F)c3)ccn12. The molecule has 4 aromatic rings. The molecule has 5 rings (SSSR count). The van der Waals surface area contributed by atoms with Crippen molar-refractivity contribution in [2.75, 3.05) is 31.1 Å². The number of piperazine rings is 1. The van der Waals surface area contributed by atoms with Gasteiger partial charge in [-0.2, -0.15) is 0 Å². The van der Waals surface area contributed by atoms with Crippen LogP contribution >= 0.6 is 0 Å². The van der Waals surface area contributed by atoms with Crippen LogP contribution in [0, 0.1) is 17.6 Å². The molecule has 0 radical (unpaired) electrons. The van der Waals surface area contributed by atoms with E-state index in [9.17, 15) is 18.4 Å². The number of aromatic nitrogens is 4. The van der Waals surface area contributed by atoms with Gasteiger partial charge in [-0.05, 0) is 36.2 Å². The summed E-state index contributed by atoms with van der Waals surface area (Å²) in [6.07, 6.45) is 4.02. The molecule has 3 heterocycles. The standard InChI is InChI=1S/C26H26F2N6O2/c1-18(16-24(35)32-11-9-31(10-12-32)22-8-3-2-7-21(22)28)15-23-29-30-25-26(36)33(13-14-34(23)25)20-6-4-5-19(27)17-20/h2-8,13-14,17-18H,9-12,15-16H2,1H3. The lowest BCUT2D eigenvalue weighted by molar-refractivity contribution is -0.132. The summed E-state index contributed by atoms with van der Waals surface area (Å²) in [4.78, 5) is 29.6. The van der Waals surface area contributed by atoms with Gasteiger partial charge in [0.1, 0.15) is 17.5 Å². The molecule has 2 aromatic carbocycles. The fourth-order valence-electron chi connectivity index (χ4n) is 4.62. The molecule has 1 amide bonds. The van der Waals surface area contributed by atoms with E-state index in [-0.39, 0.29) is 23.3 Å². The third kappa shape index (κ3) is 4.71. The van der Waals surface area contributed by atoms with Gasteiger partial charge in [0, 0.05) is 51.4 Å². The number of carbonyl (C=O) groups excluding carboxylic acids is 1. The summed E-state index contributed by atoms with van der Waals surface area (Å²) in [6.45, 7) is 4.18. The Labute approximate surface area is 206 Å². The fraction of sp³-hybridized carbons (Fsp3) is 0.308. The largest absolute Gasteiger partial charge is 0.366 e. The topological polar surface area (TPSA) is 75.7 Å². The summed E-state index contributed by atoms with van der Waals surface area (Å²) in [6, 6.07) is 12.4. The Morgan fingerprint density at radius 3 is 2.53 bits per heavy atom. The number of hydrogen-bond acceptors (Lipinski definition) is 5. The summed E-state index contributed by atoms with van der Waals surface area (Å²) in [5.41, 5.74) is 0.701. The normalized spacial score (nSPS) is 14.9. The Morgan fingerprint density at radius 2 is 1.78 bits per heavy atom. The first kappa shape index (κ1) is 23.7. The molecule has 8 nitrogen and oxygen atoms in total. The van der Waals surface area contributed by atoms with Crippen molar-refractivity contribution in [2.24, 2.45) is 5.92 Å². The van der Waals surface area contributed by atoms with Crippen molar-refractivity contribution in [3.63, 3.8) is 0 Å². The molecule has 1 unspecified atom stereocenters. The Morgan fingerprint density at radius 1 is 1.00 bits per heavy atom.